The summed E-state index contributed by atoms with van der Waals surface area (Å²) in [5.41, 5.74) is 0. The number of urea groups is 1. The van der Waals surface area contributed by atoms with Crippen molar-refractivity contribution in [3.05, 3.63) is 0 Å². The lowest BCUT2D eigenvalue weighted by Crippen LogP contribution is -2.47. The highest BCUT2D eigenvalue weighted by atomic mass is 16.4. The molecule has 0 saturated carbocycles. The highest BCUT2D eigenvalue weighted by molar-refractivity contribution is 5.76. The van der Waals surface area contributed by atoms with Crippen LogP contribution in [0.25, 0.3) is 0 Å². The van der Waals surface area contributed by atoms with Gasteiger partial charge in [-0.3, -0.25) is 4.79 Å². The lowest BCUT2D eigenvalue weighted by molar-refractivity contribution is -0.143. The van der Waals surface area contributed by atoms with Crippen molar-refractivity contribution in [2.45, 2.75) is 46.0 Å². The van der Waals surface area contributed by atoms with E-state index in [4.69, 9.17) is 5.11 Å². The van der Waals surface area contributed by atoms with Gasteiger partial charge < -0.3 is 15.3 Å². The third-order valence-electron chi connectivity index (χ3n) is 3.54. The number of piperidine rings is 1. The van der Waals surface area contributed by atoms with Crippen LogP contribution in [0, 0.1) is 11.8 Å². The zero-order chi connectivity index (χ0) is 14.3. The number of hydrogen-bond donors (Lipinski definition) is 2. The van der Waals surface area contributed by atoms with E-state index in [0.29, 0.717) is 32.0 Å². The fourth-order valence-electron chi connectivity index (χ4n) is 2.35. The van der Waals surface area contributed by atoms with Crippen molar-refractivity contribution in [1.82, 2.24) is 10.2 Å². The van der Waals surface area contributed by atoms with Crippen LogP contribution in [0.4, 0.5) is 4.79 Å². The molecule has 0 radical (unpaired) electrons. The summed E-state index contributed by atoms with van der Waals surface area (Å²) in [7, 11) is 0. The molecule has 1 aliphatic heterocycles. The zero-order valence-electron chi connectivity index (χ0n) is 12.0. The Morgan fingerprint density at radius 2 is 2.11 bits per heavy atom. The van der Waals surface area contributed by atoms with Crippen LogP contribution in [0.3, 0.4) is 0 Å². The average Bonchev–Trinajstić information content (AvgIpc) is 2.37. The van der Waals surface area contributed by atoms with Crippen molar-refractivity contribution < 1.29 is 14.7 Å². The lowest BCUT2D eigenvalue weighted by Gasteiger charge is -2.30. The largest absolute Gasteiger partial charge is 0.481 e. The van der Waals surface area contributed by atoms with E-state index in [0.717, 1.165) is 19.3 Å². The number of nitrogens with one attached hydrogen (secondary N) is 1. The number of amides is 2. The first-order valence-electron chi connectivity index (χ1n) is 7.26. The summed E-state index contributed by atoms with van der Waals surface area (Å²) >= 11 is 0. The summed E-state index contributed by atoms with van der Waals surface area (Å²) in [4.78, 5) is 24.4. The number of unbranched alkanes of at least 4 members (excludes halogenated alkanes) is 1. The second kappa shape index (κ2) is 8.02. The molecule has 1 atom stereocenters. The van der Waals surface area contributed by atoms with Crippen molar-refractivity contribution >= 4 is 12.0 Å². The van der Waals surface area contributed by atoms with Gasteiger partial charge in [0.15, 0.2) is 0 Å². The molecule has 0 spiro atoms. The Hall–Kier alpha value is -1.26. The maximum Gasteiger partial charge on any atom is 0.317 e. The summed E-state index contributed by atoms with van der Waals surface area (Å²) in [5.74, 6) is -0.496. The van der Waals surface area contributed by atoms with E-state index in [1.807, 2.05) is 0 Å². The number of hydrogen-bond acceptors (Lipinski definition) is 2. The molecule has 2 amide bonds. The predicted octanol–water partition coefficient (Wildman–Crippen LogP) is 2.32. The Bertz CT molecular complexity index is 305. The fraction of sp³-hybridized carbons (Fsp3) is 0.857. The monoisotopic (exact) mass is 270 g/mol. The van der Waals surface area contributed by atoms with Crippen molar-refractivity contribution in [1.29, 1.82) is 0 Å². The van der Waals surface area contributed by atoms with Gasteiger partial charge >= 0.3 is 12.0 Å². The fourth-order valence-corrected chi connectivity index (χ4v) is 2.35. The molecule has 2 N–H and O–H groups in total. The Labute approximate surface area is 115 Å². The molecule has 0 aromatic carbocycles. The molecule has 19 heavy (non-hydrogen) atoms. The normalized spacial score (nSPS) is 19.5. The SMILES string of the molecule is CC(C)CCCCNC(=O)N1CCCC(C(=O)O)C1. The van der Waals surface area contributed by atoms with Gasteiger partial charge in [-0.2, -0.15) is 0 Å². The molecule has 1 rings (SSSR count). The maximum absolute atomic E-state index is 11.9. The van der Waals surface area contributed by atoms with E-state index in [2.05, 4.69) is 19.2 Å². The van der Waals surface area contributed by atoms with E-state index < -0.39 is 11.9 Å². The van der Waals surface area contributed by atoms with Crippen LogP contribution in [0.1, 0.15) is 46.0 Å². The van der Waals surface area contributed by atoms with Crippen LogP contribution in [0.2, 0.25) is 0 Å². The molecule has 1 aliphatic rings. The van der Waals surface area contributed by atoms with Crippen LogP contribution >= 0.6 is 0 Å². The van der Waals surface area contributed by atoms with Gasteiger partial charge in [0.05, 0.1) is 5.92 Å². The highest BCUT2D eigenvalue weighted by Crippen LogP contribution is 2.16. The van der Waals surface area contributed by atoms with Gasteiger partial charge in [0.25, 0.3) is 0 Å². The minimum Gasteiger partial charge on any atom is -0.481 e. The number of carbonyl (C=O) groups excluding carboxylic acids is 1. The molecule has 1 heterocycles. The van der Waals surface area contributed by atoms with E-state index >= 15 is 0 Å². The van der Waals surface area contributed by atoms with Crippen LogP contribution in [0.5, 0.6) is 0 Å². The molecule has 110 valence electrons. The smallest absolute Gasteiger partial charge is 0.317 e. The van der Waals surface area contributed by atoms with Gasteiger partial charge in [-0.15, -0.1) is 0 Å². The molecule has 5 nitrogen and oxygen atoms in total. The molecule has 0 aliphatic carbocycles. The van der Waals surface area contributed by atoms with Crippen LogP contribution in [-0.4, -0.2) is 41.6 Å². The van der Waals surface area contributed by atoms with Crippen molar-refractivity contribution in [2.75, 3.05) is 19.6 Å². The van der Waals surface area contributed by atoms with E-state index in [9.17, 15) is 9.59 Å². The van der Waals surface area contributed by atoms with Crippen molar-refractivity contribution in [2.24, 2.45) is 11.8 Å². The lowest BCUT2D eigenvalue weighted by atomic mass is 9.99. The molecule has 0 aromatic rings. The standard InChI is InChI=1S/C14H26N2O3/c1-11(2)6-3-4-8-15-14(19)16-9-5-7-12(10-16)13(17)18/h11-12H,3-10H2,1-2H3,(H,15,19)(H,17,18). The minimum absolute atomic E-state index is 0.115. The molecule has 1 unspecified atom stereocenters. The second-order valence-corrected chi connectivity index (χ2v) is 5.74. The molecule has 0 bridgehead atoms. The third kappa shape index (κ3) is 5.94. The Kier molecular flexibility index (Phi) is 6.67. The van der Waals surface area contributed by atoms with Gasteiger partial charge in [0.1, 0.15) is 0 Å². The highest BCUT2D eigenvalue weighted by Gasteiger charge is 2.27. The first-order valence-corrected chi connectivity index (χ1v) is 7.26. The van der Waals surface area contributed by atoms with E-state index in [1.54, 1.807) is 4.90 Å². The summed E-state index contributed by atoms with van der Waals surface area (Å²) < 4.78 is 0. The third-order valence-corrected chi connectivity index (χ3v) is 3.54. The summed E-state index contributed by atoms with van der Waals surface area (Å²) in [6.45, 7) is 6.07. The topological polar surface area (TPSA) is 69.6 Å². The molecular formula is C14H26N2O3. The first-order chi connectivity index (χ1) is 9.00. The number of carboxylic acids is 1. The second-order valence-electron chi connectivity index (χ2n) is 5.74. The number of aliphatic carboxylic acids is 1. The molecule has 1 saturated heterocycles. The summed E-state index contributed by atoms with van der Waals surface area (Å²) in [6.07, 6.45) is 4.74. The minimum atomic E-state index is -0.797. The quantitative estimate of drug-likeness (QED) is 0.728. The molecule has 0 aromatic heterocycles. The Morgan fingerprint density at radius 1 is 1.37 bits per heavy atom. The van der Waals surface area contributed by atoms with Gasteiger partial charge in [-0.05, 0) is 25.2 Å². The molecule has 1 fully saturated rings. The number of nitrogens with zero attached hydrogens (tertiary/aromatic N) is 1. The average molecular weight is 270 g/mol. The number of rotatable bonds is 6. The van der Waals surface area contributed by atoms with Gasteiger partial charge in [0, 0.05) is 19.6 Å². The van der Waals surface area contributed by atoms with Crippen molar-refractivity contribution in [3.8, 4) is 0 Å². The van der Waals surface area contributed by atoms with E-state index in [-0.39, 0.29) is 6.03 Å². The molecule has 5 heteroatoms. The summed E-state index contributed by atoms with van der Waals surface area (Å²) in [5, 5.41) is 11.9. The van der Waals surface area contributed by atoms with E-state index in [1.165, 1.54) is 6.42 Å². The van der Waals surface area contributed by atoms with Crippen molar-refractivity contribution in [3.63, 3.8) is 0 Å². The number of carbonyl (C=O) groups is 2. The Balaban J connectivity index is 2.20. The van der Waals surface area contributed by atoms with Crippen LogP contribution in [0.15, 0.2) is 0 Å². The summed E-state index contributed by atoms with van der Waals surface area (Å²) in [6, 6.07) is -0.115. The zero-order valence-corrected chi connectivity index (χ0v) is 12.0. The van der Waals surface area contributed by atoms with Crippen LogP contribution in [-0.2, 0) is 4.79 Å². The predicted molar refractivity (Wildman–Crippen MR) is 74.0 cm³/mol. The Morgan fingerprint density at radius 3 is 2.74 bits per heavy atom. The van der Waals surface area contributed by atoms with Gasteiger partial charge in [-0.1, -0.05) is 26.7 Å². The number of carboxylic acid groups (broad SMARTS) is 1. The first kappa shape index (κ1) is 15.8. The van der Waals surface area contributed by atoms with Crippen LogP contribution < -0.4 is 5.32 Å². The maximum atomic E-state index is 11.9. The number of likely N-dealkylation sites (tertiary alicyclic amines) is 1. The van der Waals surface area contributed by atoms with Gasteiger partial charge in [0.2, 0.25) is 0 Å². The molecular weight excluding hydrogens is 244 g/mol. The van der Waals surface area contributed by atoms with Gasteiger partial charge in [-0.25, -0.2) is 4.79 Å².